The van der Waals surface area contributed by atoms with Gasteiger partial charge in [0.2, 0.25) is 0 Å². The van der Waals surface area contributed by atoms with Crippen molar-refractivity contribution >= 4 is 35.2 Å². The molecule has 0 aromatic carbocycles. The molecule has 5 heteroatoms. The summed E-state index contributed by atoms with van der Waals surface area (Å²) in [6.45, 7) is 11.7. The van der Waals surface area contributed by atoms with Crippen molar-refractivity contribution in [1.82, 2.24) is 19.4 Å². The van der Waals surface area contributed by atoms with E-state index in [2.05, 4.69) is 47.6 Å². The third-order valence-electron chi connectivity index (χ3n) is 4.98. The highest BCUT2D eigenvalue weighted by Crippen LogP contribution is 2.26. The van der Waals surface area contributed by atoms with E-state index in [4.69, 9.17) is 9.97 Å². The smallest absolute Gasteiger partial charge is 0.146 e. The zero-order chi connectivity index (χ0) is 19.0. The molecule has 0 saturated carbocycles. The topological polar surface area (TPSA) is 55.4 Å². The van der Waals surface area contributed by atoms with Crippen molar-refractivity contribution in [2.75, 3.05) is 0 Å². The van der Waals surface area contributed by atoms with Crippen LogP contribution in [0.4, 0.5) is 5.69 Å². The van der Waals surface area contributed by atoms with Gasteiger partial charge >= 0.3 is 0 Å². The fourth-order valence-electron chi connectivity index (χ4n) is 3.43. The van der Waals surface area contributed by atoms with Crippen LogP contribution in [0.3, 0.4) is 0 Å². The van der Waals surface area contributed by atoms with Crippen LogP contribution in [0.15, 0.2) is 48.2 Å². The summed E-state index contributed by atoms with van der Waals surface area (Å²) in [5.74, 6) is 0. The summed E-state index contributed by atoms with van der Waals surface area (Å²) in [6.07, 6.45) is 7.24. The Hall–Kier alpha value is -3.34. The Morgan fingerprint density at radius 2 is 1.96 bits per heavy atom. The van der Waals surface area contributed by atoms with E-state index < -0.39 is 0 Å². The van der Waals surface area contributed by atoms with Crippen LogP contribution in [-0.4, -0.2) is 26.1 Å². The van der Waals surface area contributed by atoms with E-state index in [1.165, 1.54) is 0 Å². The number of hydrogen-bond donors (Lipinski definition) is 0. The summed E-state index contributed by atoms with van der Waals surface area (Å²) < 4.78 is 2.09. The highest BCUT2D eigenvalue weighted by molar-refractivity contribution is 5.78. The van der Waals surface area contributed by atoms with Gasteiger partial charge < -0.3 is 4.40 Å². The molecule has 5 nitrogen and oxygen atoms in total. The Balaban J connectivity index is 1.68. The van der Waals surface area contributed by atoms with E-state index in [-0.39, 0.29) is 0 Å². The average molecular weight is 355 g/mol. The van der Waals surface area contributed by atoms with Crippen molar-refractivity contribution in [3.63, 3.8) is 0 Å². The average Bonchev–Trinajstić information content (AvgIpc) is 3.02. The molecule has 0 spiro atoms. The number of hydrogen-bond acceptors (Lipinski definition) is 4. The second-order valence-electron chi connectivity index (χ2n) is 6.61. The maximum absolute atomic E-state index is 4.85. The maximum Gasteiger partial charge on any atom is 0.146 e. The monoisotopic (exact) mass is 355 g/mol. The molecule has 0 saturated heterocycles. The molecule has 134 valence electrons. The van der Waals surface area contributed by atoms with Gasteiger partial charge in [-0.15, -0.1) is 0 Å². The van der Waals surface area contributed by atoms with Crippen molar-refractivity contribution in [3.05, 3.63) is 71.4 Å². The van der Waals surface area contributed by atoms with Gasteiger partial charge in [0.15, 0.2) is 0 Å². The van der Waals surface area contributed by atoms with E-state index in [1.807, 2.05) is 30.6 Å². The van der Waals surface area contributed by atoms with Crippen molar-refractivity contribution in [2.24, 2.45) is 4.99 Å². The van der Waals surface area contributed by atoms with E-state index in [1.54, 1.807) is 6.08 Å². The molecule has 0 unspecified atom stereocenters. The molecule has 4 heterocycles. The van der Waals surface area contributed by atoms with Crippen molar-refractivity contribution in [2.45, 2.75) is 26.7 Å². The molecule has 4 aromatic rings. The number of aryl methyl sites for hydroxylation is 4. The number of nitrogens with zero attached hydrogens (tertiary/aromatic N) is 5. The summed E-state index contributed by atoms with van der Waals surface area (Å²) in [5.41, 5.74) is 8.86. The molecule has 27 heavy (non-hydrogen) atoms. The van der Waals surface area contributed by atoms with Gasteiger partial charge in [0.1, 0.15) is 5.65 Å². The lowest BCUT2D eigenvalue weighted by atomic mass is 10.1. The largest absolute Gasteiger partial charge is 0.303 e. The number of aromatic nitrogens is 4. The molecule has 0 fully saturated rings. The first-order valence-electron chi connectivity index (χ1n) is 8.93. The van der Waals surface area contributed by atoms with E-state index in [9.17, 15) is 0 Å². The third kappa shape index (κ3) is 2.91. The van der Waals surface area contributed by atoms with Crippen molar-refractivity contribution in [1.29, 1.82) is 0 Å². The van der Waals surface area contributed by atoms with Crippen LogP contribution >= 0.6 is 0 Å². The van der Waals surface area contributed by atoms with Crippen LogP contribution in [-0.2, 0) is 12.8 Å². The minimum atomic E-state index is 0.799. The van der Waals surface area contributed by atoms with E-state index >= 15 is 0 Å². The molecule has 0 atom stereocenters. The molecule has 4 aromatic heterocycles. The summed E-state index contributed by atoms with van der Waals surface area (Å²) in [7, 11) is 0. The Labute approximate surface area is 158 Å². The Kier molecular flexibility index (Phi) is 4.28. The number of fused-ring (bicyclic) bond motifs is 2. The first kappa shape index (κ1) is 17.1. The Morgan fingerprint density at radius 3 is 2.74 bits per heavy atom. The predicted octanol–water partition coefficient (Wildman–Crippen LogP) is 4.65. The minimum Gasteiger partial charge on any atom is -0.303 e. The summed E-state index contributed by atoms with van der Waals surface area (Å²) in [6, 6.07) is 8.03. The lowest BCUT2D eigenvalue weighted by molar-refractivity contribution is 0.883. The molecule has 0 aliphatic rings. The molecular formula is C22H21N5. The molecule has 0 bridgehead atoms. The van der Waals surface area contributed by atoms with Crippen LogP contribution in [0.5, 0.6) is 0 Å². The van der Waals surface area contributed by atoms with Gasteiger partial charge in [-0.05, 0) is 63.2 Å². The first-order valence-corrected chi connectivity index (χ1v) is 8.93. The third-order valence-corrected chi connectivity index (χ3v) is 4.98. The van der Waals surface area contributed by atoms with Crippen LogP contribution < -0.4 is 0 Å². The Morgan fingerprint density at radius 1 is 1.11 bits per heavy atom. The normalized spacial score (nSPS) is 11.2. The zero-order valence-corrected chi connectivity index (χ0v) is 15.6. The fourth-order valence-corrected chi connectivity index (χ4v) is 3.43. The molecule has 0 N–H and O–H groups in total. The van der Waals surface area contributed by atoms with Gasteiger partial charge in [-0.3, -0.25) is 15.0 Å². The van der Waals surface area contributed by atoms with E-state index in [0.29, 0.717) is 0 Å². The van der Waals surface area contributed by atoms with Crippen LogP contribution in [0, 0.1) is 13.8 Å². The Bertz CT molecular complexity index is 1190. The maximum atomic E-state index is 4.85. The second kappa shape index (κ2) is 6.76. The fraction of sp³-hybridized carbons (Fsp3) is 0.182. The molecule has 0 aliphatic carbocycles. The van der Waals surface area contributed by atoms with Gasteiger partial charge in [0.25, 0.3) is 0 Å². The summed E-state index contributed by atoms with van der Waals surface area (Å²) in [4.78, 5) is 18.1. The molecular weight excluding hydrogens is 334 g/mol. The van der Waals surface area contributed by atoms with Gasteiger partial charge in [-0.2, -0.15) is 0 Å². The van der Waals surface area contributed by atoms with Gasteiger partial charge in [-0.25, -0.2) is 4.98 Å². The SMILES string of the molecule is C=Cc1c(N=C)ccn2c(C)c(CCc3ccc4nccc(C)c4n3)nc12. The van der Waals surface area contributed by atoms with Gasteiger partial charge in [0, 0.05) is 29.3 Å². The zero-order valence-electron chi connectivity index (χ0n) is 15.6. The highest BCUT2D eigenvalue weighted by Gasteiger charge is 2.13. The number of pyridine rings is 3. The van der Waals surface area contributed by atoms with E-state index in [0.717, 1.165) is 63.4 Å². The van der Waals surface area contributed by atoms with Crippen molar-refractivity contribution < 1.29 is 0 Å². The quantitative estimate of drug-likeness (QED) is 0.490. The molecule has 0 amide bonds. The number of rotatable bonds is 5. The summed E-state index contributed by atoms with van der Waals surface area (Å²) in [5, 5.41) is 0. The molecule has 0 aliphatic heterocycles. The van der Waals surface area contributed by atoms with Gasteiger partial charge in [0.05, 0.1) is 22.4 Å². The predicted molar refractivity (Wildman–Crippen MR) is 111 cm³/mol. The number of aliphatic imine (C=N–C) groups is 1. The van der Waals surface area contributed by atoms with Crippen LogP contribution in [0.2, 0.25) is 0 Å². The minimum absolute atomic E-state index is 0.799. The first-order chi connectivity index (χ1) is 13.1. The lowest BCUT2D eigenvalue weighted by Crippen LogP contribution is -1.98. The van der Waals surface area contributed by atoms with Crippen molar-refractivity contribution in [3.8, 4) is 0 Å². The highest BCUT2D eigenvalue weighted by atomic mass is 15.0. The van der Waals surface area contributed by atoms with Crippen LogP contribution in [0.1, 0.15) is 28.2 Å². The lowest BCUT2D eigenvalue weighted by Gasteiger charge is -2.04. The van der Waals surface area contributed by atoms with Crippen LogP contribution in [0.25, 0.3) is 22.8 Å². The second-order valence-corrected chi connectivity index (χ2v) is 6.61. The molecule has 0 radical (unpaired) electrons. The standard InChI is InChI=1S/C22H21N5/c1-5-17-19(23-4)11-13-27-15(3)18(26-22(17)27)8-6-16-7-9-20-21(25-16)14(2)10-12-24-20/h5,7,9-13H,1,4,6,8H2,2-3H3. The number of imidazole rings is 1. The molecule has 4 rings (SSSR count). The van der Waals surface area contributed by atoms with Gasteiger partial charge in [-0.1, -0.05) is 12.7 Å². The summed E-state index contributed by atoms with van der Waals surface area (Å²) >= 11 is 0.